The summed E-state index contributed by atoms with van der Waals surface area (Å²) in [5.74, 6) is 0.0378. The molecule has 6 heteroatoms. The van der Waals surface area contributed by atoms with Crippen LogP contribution in [0.1, 0.15) is 36.6 Å². The van der Waals surface area contributed by atoms with Crippen LogP contribution in [0.5, 0.6) is 0 Å². The van der Waals surface area contributed by atoms with Crippen molar-refractivity contribution in [2.75, 3.05) is 0 Å². The molecule has 0 spiro atoms. The molecule has 0 aliphatic carbocycles. The molecule has 0 atom stereocenters. The third-order valence-corrected chi connectivity index (χ3v) is 2.95. The van der Waals surface area contributed by atoms with Crippen molar-refractivity contribution in [3.05, 3.63) is 52.2 Å². The minimum absolute atomic E-state index is 0.0378. The van der Waals surface area contributed by atoms with Crippen LogP contribution < -0.4 is 0 Å². The molecule has 6 nitrogen and oxygen atoms in total. The standard InChI is InChI=1S/C14H15N4O2/c1-10(2)14-13(18(19)20)9-17(16-14)8-12-5-3-11(7-15)4-6-12/h3-6,9-10H,8H2,1-2H3,(H,19,20)/q+1. The van der Waals surface area contributed by atoms with Gasteiger partial charge in [0.05, 0.1) is 23.1 Å². The number of benzene rings is 1. The fourth-order valence-corrected chi connectivity index (χ4v) is 1.94. The molecular formula is C14H15N4O2+. The second kappa shape index (κ2) is 5.53. The van der Waals surface area contributed by atoms with Crippen LogP contribution in [-0.4, -0.2) is 19.9 Å². The molecule has 1 heterocycles. The monoisotopic (exact) mass is 271 g/mol. The number of hydrogen-bond donors (Lipinski definition) is 1. The highest BCUT2D eigenvalue weighted by molar-refractivity contribution is 5.35. The molecule has 0 aliphatic rings. The van der Waals surface area contributed by atoms with Crippen molar-refractivity contribution in [2.45, 2.75) is 26.3 Å². The van der Waals surface area contributed by atoms with E-state index in [-0.39, 0.29) is 16.5 Å². The van der Waals surface area contributed by atoms with Crippen LogP contribution >= 0.6 is 0 Å². The van der Waals surface area contributed by atoms with Crippen molar-refractivity contribution in [3.63, 3.8) is 0 Å². The molecule has 0 bridgehead atoms. The van der Waals surface area contributed by atoms with E-state index in [4.69, 9.17) is 10.5 Å². The lowest BCUT2D eigenvalue weighted by Gasteiger charge is -2.02. The Bertz CT molecular complexity index is 665. The second-order valence-corrected chi connectivity index (χ2v) is 4.83. The van der Waals surface area contributed by atoms with Gasteiger partial charge in [-0.3, -0.25) is 4.68 Å². The van der Waals surface area contributed by atoms with Crippen molar-refractivity contribution in [1.29, 1.82) is 5.26 Å². The van der Waals surface area contributed by atoms with E-state index >= 15 is 0 Å². The lowest BCUT2D eigenvalue weighted by Crippen LogP contribution is -2.01. The average Bonchev–Trinajstić information content (AvgIpc) is 2.84. The van der Waals surface area contributed by atoms with Crippen LogP contribution in [-0.2, 0) is 6.54 Å². The molecule has 0 radical (unpaired) electrons. The molecule has 2 rings (SSSR count). The fourth-order valence-electron chi connectivity index (χ4n) is 1.94. The molecule has 0 aliphatic heterocycles. The molecule has 0 amide bonds. The maximum atomic E-state index is 11.1. The fraction of sp³-hybridized carbons (Fsp3) is 0.286. The van der Waals surface area contributed by atoms with Crippen LogP contribution in [0, 0.1) is 16.2 Å². The molecule has 0 unspecified atom stereocenters. The van der Waals surface area contributed by atoms with Crippen molar-refractivity contribution in [2.24, 2.45) is 0 Å². The van der Waals surface area contributed by atoms with Gasteiger partial charge in [0, 0.05) is 5.92 Å². The molecule has 1 aromatic carbocycles. The summed E-state index contributed by atoms with van der Waals surface area (Å²) in [7, 11) is 0. The quantitative estimate of drug-likeness (QED) is 0.867. The van der Waals surface area contributed by atoms with Gasteiger partial charge < -0.3 is 0 Å². The Labute approximate surface area is 116 Å². The molecule has 2 aromatic rings. The first-order valence-electron chi connectivity index (χ1n) is 6.23. The number of nitriles is 1. The summed E-state index contributed by atoms with van der Waals surface area (Å²) >= 11 is 0. The summed E-state index contributed by atoms with van der Waals surface area (Å²) in [4.78, 5) is 10.9. The molecule has 1 aromatic heterocycles. The third-order valence-electron chi connectivity index (χ3n) is 2.95. The minimum atomic E-state index is -0.155. The number of rotatable bonds is 4. The Morgan fingerprint density at radius 2 is 2.05 bits per heavy atom. The van der Waals surface area contributed by atoms with E-state index in [0.29, 0.717) is 17.8 Å². The highest BCUT2D eigenvalue weighted by Gasteiger charge is 2.25. The molecular weight excluding hydrogens is 256 g/mol. The minimum Gasteiger partial charge on any atom is -0.261 e. The third kappa shape index (κ3) is 2.83. The Hall–Kier alpha value is -2.68. The first kappa shape index (κ1) is 13.7. The van der Waals surface area contributed by atoms with Gasteiger partial charge >= 0.3 is 5.69 Å². The van der Waals surface area contributed by atoms with Crippen LogP contribution in [0.2, 0.25) is 0 Å². The summed E-state index contributed by atoms with van der Waals surface area (Å²) in [6, 6.07) is 9.19. The van der Waals surface area contributed by atoms with E-state index in [2.05, 4.69) is 11.2 Å². The van der Waals surface area contributed by atoms with Gasteiger partial charge in [-0.1, -0.05) is 26.0 Å². The lowest BCUT2D eigenvalue weighted by atomic mass is 10.1. The van der Waals surface area contributed by atoms with E-state index in [1.54, 1.807) is 16.8 Å². The smallest absolute Gasteiger partial charge is 0.261 e. The van der Waals surface area contributed by atoms with Crippen LogP contribution in [0.15, 0.2) is 30.5 Å². The SMILES string of the molecule is CC(C)c1nn(Cc2ccc(C#N)cc2)cc1[N+](=O)O. The first-order valence-corrected chi connectivity index (χ1v) is 6.23. The number of aromatic nitrogens is 2. The Balaban J connectivity index is 2.27. The predicted octanol–water partition coefficient (Wildman–Crippen LogP) is 2.73. The Morgan fingerprint density at radius 3 is 2.50 bits per heavy atom. The lowest BCUT2D eigenvalue weighted by molar-refractivity contribution is -0.730. The molecule has 20 heavy (non-hydrogen) atoms. The number of nitrogens with zero attached hydrogens (tertiary/aromatic N) is 4. The normalized spacial score (nSPS) is 10.5. The summed E-state index contributed by atoms with van der Waals surface area (Å²) in [5.41, 5.74) is 2.27. The van der Waals surface area contributed by atoms with E-state index in [1.807, 2.05) is 26.0 Å². The second-order valence-electron chi connectivity index (χ2n) is 4.83. The van der Waals surface area contributed by atoms with E-state index in [0.717, 1.165) is 5.56 Å². The molecule has 0 fully saturated rings. The zero-order valence-electron chi connectivity index (χ0n) is 11.3. The van der Waals surface area contributed by atoms with Gasteiger partial charge in [-0.2, -0.15) is 10.4 Å². The highest BCUT2D eigenvalue weighted by Crippen LogP contribution is 2.24. The summed E-state index contributed by atoms with van der Waals surface area (Å²) in [6.45, 7) is 4.28. The van der Waals surface area contributed by atoms with E-state index in [9.17, 15) is 4.91 Å². The van der Waals surface area contributed by atoms with Gasteiger partial charge in [-0.15, -0.1) is 0 Å². The Kier molecular flexibility index (Phi) is 3.80. The maximum absolute atomic E-state index is 11.1. The first-order chi connectivity index (χ1) is 9.51. The van der Waals surface area contributed by atoms with E-state index in [1.165, 1.54) is 6.20 Å². The van der Waals surface area contributed by atoms with Crippen molar-refractivity contribution < 1.29 is 10.1 Å². The van der Waals surface area contributed by atoms with Crippen molar-refractivity contribution >= 4 is 5.69 Å². The zero-order valence-corrected chi connectivity index (χ0v) is 11.3. The highest BCUT2D eigenvalue weighted by atomic mass is 16.6. The number of hydrogen-bond acceptors (Lipinski definition) is 3. The summed E-state index contributed by atoms with van der Waals surface area (Å²) in [5, 5.41) is 22.2. The maximum Gasteiger partial charge on any atom is 0.357 e. The van der Waals surface area contributed by atoms with Crippen LogP contribution in [0.25, 0.3) is 0 Å². The van der Waals surface area contributed by atoms with Gasteiger partial charge in [-0.05, 0) is 17.7 Å². The van der Waals surface area contributed by atoms with Crippen LogP contribution in [0.3, 0.4) is 0 Å². The van der Waals surface area contributed by atoms with Crippen LogP contribution in [0.4, 0.5) is 5.69 Å². The van der Waals surface area contributed by atoms with Gasteiger partial charge in [0.15, 0.2) is 0 Å². The van der Waals surface area contributed by atoms with Crippen molar-refractivity contribution in [3.8, 4) is 6.07 Å². The molecule has 0 saturated carbocycles. The summed E-state index contributed by atoms with van der Waals surface area (Å²) in [6.07, 6.45) is 1.51. The summed E-state index contributed by atoms with van der Waals surface area (Å²) < 4.78 is 1.60. The van der Waals surface area contributed by atoms with Gasteiger partial charge in [0.2, 0.25) is 0 Å². The molecule has 0 saturated heterocycles. The zero-order chi connectivity index (χ0) is 14.7. The largest absolute Gasteiger partial charge is 0.357 e. The van der Waals surface area contributed by atoms with Gasteiger partial charge in [0.25, 0.3) is 4.92 Å². The van der Waals surface area contributed by atoms with Gasteiger partial charge in [0.1, 0.15) is 11.9 Å². The van der Waals surface area contributed by atoms with E-state index < -0.39 is 0 Å². The predicted molar refractivity (Wildman–Crippen MR) is 71.6 cm³/mol. The topological polar surface area (TPSA) is 81.9 Å². The van der Waals surface area contributed by atoms with Crippen molar-refractivity contribution in [1.82, 2.24) is 9.78 Å². The Morgan fingerprint density at radius 1 is 1.40 bits per heavy atom. The van der Waals surface area contributed by atoms with Gasteiger partial charge in [-0.25, -0.2) is 5.21 Å². The average molecular weight is 271 g/mol. The molecule has 102 valence electrons. The molecule has 1 N–H and O–H groups in total.